The van der Waals surface area contributed by atoms with Crippen molar-refractivity contribution in [3.8, 4) is 0 Å². The fourth-order valence-corrected chi connectivity index (χ4v) is 3.15. The quantitative estimate of drug-likeness (QED) is 0.826. The predicted octanol–water partition coefficient (Wildman–Crippen LogP) is 3.67. The molecule has 2 rings (SSSR count). The van der Waals surface area contributed by atoms with Gasteiger partial charge in [-0.2, -0.15) is 0 Å². The summed E-state index contributed by atoms with van der Waals surface area (Å²) in [6.07, 6.45) is 5.42. The lowest BCUT2D eigenvalue weighted by molar-refractivity contribution is 0.450. The molecule has 1 atom stereocenters. The normalized spacial score (nSPS) is 19.3. The first kappa shape index (κ1) is 12.0. The van der Waals surface area contributed by atoms with E-state index in [9.17, 15) is 0 Å². The number of hydrogen-bond acceptors (Lipinski definition) is 2. The van der Waals surface area contributed by atoms with Gasteiger partial charge in [0.1, 0.15) is 0 Å². The van der Waals surface area contributed by atoms with E-state index in [1.165, 1.54) is 35.4 Å². The molecule has 14 heavy (non-hydrogen) atoms. The standard InChI is InChI=1S/C11H17NS.ClH/c1-8-6-7-10(13-8)11(12)9-4-2-3-5-9;/h6-7,9,11H,2-5,12H2,1H3;1H. The van der Waals surface area contributed by atoms with E-state index < -0.39 is 0 Å². The highest BCUT2D eigenvalue weighted by Gasteiger charge is 2.23. The van der Waals surface area contributed by atoms with Gasteiger partial charge in [-0.25, -0.2) is 0 Å². The first-order valence-corrected chi connectivity index (χ1v) is 5.91. The van der Waals surface area contributed by atoms with Gasteiger partial charge in [0.25, 0.3) is 0 Å². The molecule has 1 fully saturated rings. The molecule has 0 saturated heterocycles. The maximum Gasteiger partial charge on any atom is 0.0418 e. The molecule has 1 aromatic heterocycles. The van der Waals surface area contributed by atoms with E-state index in [0.717, 1.165) is 5.92 Å². The number of nitrogens with two attached hydrogens (primary N) is 1. The van der Waals surface area contributed by atoms with Crippen molar-refractivity contribution in [2.45, 2.75) is 38.6 Å². The van der Waals surface area contributed by atoms with Crippen LogP contribution in [0.2, 0.25) is 0 Å². The van der Waals surface area contributed by atoms with E-state index >= 15 is 0 Å². The molecular weight excluding hydrogens is 214 g/mol. The molecule has 1 aromatic rings. The van der Waals surface area contributed by atoms with Crippen LogP contribution in [0.1, 0.15) is 41.5 Å². The van der Waals surface area contributed by atoms with Crippen molar-refractivity contribution in [2.24, 2.45) is 11.7 Å². The van der Waals surface area contributed by atoms with Crippen LogP contribution in [-0.4, -0.2) is 0 Å². The van der Waals surface area contributed by atoms with Gasteiger partial charge in [0.15, 0.2) is 0 Å². The zero-order valence-electron chi connectivity index (χ0n) is 8.53. The number of hydrogen-bond donors (Lipinski definition) is 1. The smallest absolute Gasteiger partial charge is 0.0418 e. The molecule has 0 aromatic carbocycles. The van der Waals surface area contributed by atoms with Gasteiger partial charge in [0.05, 0.1) is 0 Å². The van der Waals surface area contributed by atoms with E-state index in [-0.39, 0.29) is 12.4 Å². The average molecular weight is 232 g/mol. The summed E-state index contributed by atoms with van der Waals surface area (Å²) < 4.78 is 0. The minimum absolute atomic E-state index is 0. The zero-order valence-corrected chi connectivity index (χ0v) is 10.2. The van der Waals surface area contributed by atoms with E-state index in [1.54, 1.807) is 0 Å². The summed E-state index contributed by atoms with van der Waals surface area (Å²) in [6.45, 7) is 2.15. The molecule has 1 nitrogen and oxygen atoms in total. The molecule has 3 heteroatoms. The summed E-state index contributed by atoms with van der Waals surface area (Å²) in [4.78, 5) is 2.76. The Labute approximate surface area is 96.1 Å². The molecule has 1 aliphatic rings. The van der Waals surface area contributed by atoms with Crippen molar-refractivity contribution >= 4 is 23.7 Å². The van der Waals surface area contributed by atoms with Crippen LogP contribution in [0.4, 0.5) is 0 Å². The lowest BCUT2D eigenvalue weighted by Crippen LogP contribution is -2.17. The van der Waals surface area contributed by atoms with Gasteiger partial charge in [0, 0.05) is 15.8 Å². The Morgan fingerprint density at radius 2 is 2.00 bits per heavy atom. The molecule has 0 bridgehead atoms. The third kappa shape index (κ3) is 2.50. The van der Waals surface area contributed by atoms with E-state index in [1.807, 2.05) is 11.3 Å². The lowest BCUT2D eigenvalue weighted by atomic mass is 9.98. The van der Waals surface area contributed by atoms with Crippen LogP contribution in [0, 0.1) is 12.8 Å². The molecular formula is C11H18ClNS. The highest BCUT2D eigenvalue weighted by atomic mass is 35.5. The Morgan fingerprint density at radius 3 is 2.50 bits per heavy atom. The first-order valence-electron chi connectivity index (χ1n) is 5.09. The summed E-state index contributed by atoms with van der Waals surface area (Å²) in [7, 11) is 0. The Hall–Kier alpha value is -0.0500. The van der Waals surface area contributed by atoms with Crippen LogP contribution in [-0.2, 0) is 0 Å². The second-order valence-corrected chi connectivity index (χ2v) is 5.34. The average Bonchev–Trinajstić information content (AvgIpc) is 2.72. The molecule has 1 saturated carbocycles. The maximum absolute atomic E-state index is 6.22. The second-order valence-electron chi connectivity index (χ2n) is 4.02. The van der Waals surface area contributed by atoms with Gasteiger partial charge in [-0.1, -0.05) is 12.8 Å². The van der Waals surface area contributed by atoms with E-state index in [0.29, 0.717) is 6.04 Å². The molecule has 1 aliphatic carbocycles. The third-order valence-corrected chi connectivity index (χ3v) is 4.10. The minimum Gasteiger partial charge on any atom is -0.323 e. The molecule has 1 unspecified atom stereocenters. The molecule has 80 valence electrons. The van der Waals surface area contributed by atoms with Crippen molar-refractivity contribution in [1.29, 1.82) is 0 Å². The van der Waals surface area contributed by atoms with Gasteiger partial charge < -0.3 is 5.73 Å². The van der Waals surface area contributed by atoms with Crippen LogP contribution >= 0.6 is 23.7 Å². The Bertz CT molecular complexity index is 279. The maximum atomic E-state index is 6.22. The van der Waals surface area contributed by atoms with Crippen LogP contribution < -0.4 is 5.73 Å². The van der Waals surface area contributed by atoms with E-state index in [4.69, 9.17) is 5.73 Å². The van der Waals surface area contributed by atoms with E-state index in [2.05, 4.69) is 19.1 Å². The first-order chi connectivity index (χ1) is 6.27. The lowest BCUT2D eigenvalue weighted by Gasteiger charge is -2.16. The van der Waals surface area contributed by atoms with Gasteiger partial charge in [-0.3, -0.25) is 0 Å². The summed E-state index contributed by atoms with van der Waals surface area (Å²) >= 11 is 1.86. The highest BCUT2D eigenvalue weighted by Crippen LogP contribution is 2.36. The number of rotatable bonds is 2. The molecule has 0 spiro atoms. The molecule has 1 heterocycles. The molecule has 0 amide bonds. The summed E-state index contributed by atoms with van der Waals surface area (Å²) in [6, 6.07) is 4.68. The largest absolute Gasteiger partial charge is 0.323 e. The topological polar surface area (TPSA) is 26.0 Å². The van der Waals surface area contributed by atoms with Crippen LogP contribution in [0.15, 0.2) is 12.1 Å². The van der Waals surface area contributed by atoms with Crippen LogP contribution in [0.25, 0.3) is 0 Å². The van der Waals surface area contributed by atoms with Crippen molar-refractivity contribution in [3.05, 3.63) is 21.9 Å². The number of thiophene rings is 1. The van der Waals surface area contributed by atoms with Crippen molar-refractivity contribution < 1.29 is 0 Å². The summed E-state index contributed by atoms with van der Waals surface area (Å²) in [5, 5.41) is 0. The summed E-state index contributed by atoms with van der Waals surface area (Å²) in [5.41, 5.74) is 6.22. The number of aryl methyl sites for hydroxylation is 1. The van der Waals surface area contributed by atoms with Gasteiger partial charge in [0.2, 0.25) is 0 Å². The Morgan fingerprint density at radius 1 is 1.36 bits per heavy atom. The monoisotopic (exact) mass is 231 g/mol. The molecule has 2 N–H and O–H groups in total. The summed E-state index contributed by atoms with van der Waals surface area (Å²) in [5.74, 6) is 0.748. The van der Waals surface area contributed by atoms with Gasteiger partial charge in [-0.15, -0.1) is 23.7 Å². The number of halogens is 1. The Balaban J connectivity index is 0.000000980. The van der Waals surface area contributed by atoms with Gasteiger partial charge in [-0.05, 0) is 37.8 Å². The van der Waals surface area contributed by atoms with Crippen LogP contribution in [0.3, 0.4) is 0 Å². The van der Waals surface area contributed by atoms with Crippen molar-refractivity contribution in [3.63, 3.8) is 0 Å². The Kier molecular flexibility index (Phi) is 4.42. The molecule has 0 radical (unpaired) electrons. The third-order valence-electron chi connectivity index (χ3n) is 3.00. The van der Waals surface area contributed by atoms with Gasteiger partial charge >= 0.3 is 0 Å². The second kappa shape index (κ2) is 5.15. The minimum atomic E-state index is 0. The molecule has 0 aliphatic heterocycles. The fraction of sp³-hybridized carbons (Fsp3) is 0.636. The van der Waals surface area contributed by atoms with Crippen molar-refractivity contribution in [2.75, 3.05) is 0 Å². The highest BCUT2D eigenvalue weighted by molar-refractivity contribution is 7.12. The SMILES string of the molecule is Cc1ccc(C(N)C2CCCC2)s1.Cl. The fourth-order valence-electron chi connectivity index (χ4n) is 2.18. The van der Waals surface area contributed by atoms with Crippen LogP contribution in [0.5, 0.6) is 0 Å². The predicted molar refractivity (Wildman–Crippen MR) is 65.2 cm³/mol. The zero-order chi connectivity index (χ0) is 9.26. The van der Waals surface area contributed by atoms with Crippen molar-refractivity contribution in [1.82, 2.24) is 0 Å².